The third-order valence-electron chi connectivity index (χ3n) is 5.95. The molecule has 0 bridgehead atoms. The maximum Gasteiger partial charge on any atom is 0.304 e. The number of nitrogens with one attached hydrogen (secondary N) is 1. The van der Waals surface area contributed by atoms with Gasteiger partial charge < -0.3 is 19.9 Å². The van der Waals surface area contributed by atoms with Crippen LogP contribution in [0.4, 0.5) is 5.82 Å². The molecule has 1 unspecified atom stereocenters. The minimum atomic E-state index is -0.884. The highest BCUT2D eigenvalue weighted by atomic mass is 16.7. The minimum Gasteiger partial charge on any atom is -0.481 e. The van der Waals surface area contributed by atoms with Gasteiger partial charge in [-0.15, -0.1) is 10.2 Å². The second-order valence-corrected chi connectivity index (χ2v) is 8.36. The summed E-state index contributed by atoms with van der Waals surface area (Å²) in [5.41, 5.74) is 3.18. The van der Waals surface area contributed by atoms with Crippen molar-refractivity contribution in [1.82, 2.24) is 25.2 Å². The van der Waals surface area contributed by atoms with Gasteiger partial charge in [0, 0.05) is 24.6 Å². The molecule has 2 aromatic heterocycles. The van der Waals surface area contributed by atoms with Crippen LogP contribution in [0.25, 0.3) is 0 Å². The van der Waals surface area contributed by atoms with Gasteiger partial charge >= 0.3 is 5.97 Å². The number of aryl methyl sites for hydroxylation is 3. The van der Waals surface area contributed by atoms with Crippen molar-refractivity contribution in [2.75, 3.05) is 18.7 Å². The normalized spacial score (nSPS) is 15.0. The first-order valence-corrected chi connectivity index (χ1v) is 11.2. The van der Waals surface area contributed by atoms with Gasteiger partial charge in [0.1, 0.15) is 5.82 Å². The highest BCUT2D eigenvalue weighted by Gasteiger charge is 2.22. The predicted molar refractivity (Wildman–Crippen MR) is 118 cm³/mol. The second-order valence-electron chi connectivity index (χ2n) is 8.36. The van der Waals surface area contributed by atoms with E-state index in [4.69, 9.17) is 14.5 Å². The summed E-state index contributed by atoms with van der Waals surface area (Å²) in [6.07, 6.45) is 4.56. The molecule has 3 aromatic rings. The third-order valence-corrected chi connectivity index (χ3v) is 5.95. The highest BCUT2D eigenvalue weighted by Crippen LogP contribution is 2.35. The molecule has 0 aliphatic carbocycles. The molecular weight excluding hydrogens is 424 g/mol. The van der Waals surface area contributed by atoms with Crippen LogP contribution in [0, 0.1) is 0 Å². The Morgan fingerprint density at radius 3 is 3.00 bits per heavy atom. The summed E-state index contributed by atoms with van der Waals surface area (Å²) in [6, 6.07) is 9.75. The molecule has 0 amide bonds. The van der Waals surface area contributed by atoms with E-state index in [0.717, 1.165) is 49.3 Å². The monoisotopic (exact) mass is 450 g/mol. The number of carboxylic acid groups (broad SMARTS) is 1. The van der Waals surface area contributed by atoms with Crippen molar-refractivity contribution < 1.29 is 19.4 Å². The smallest absolute Gasteiger partial charge is 0.304 e. The van der Waals surface area contributed by atoms with Crippen LogP contribution in [-0.4, -0.2) is 49.6 Å². The number of hydrogen-bond acceptors (Lipinski definition) is 8. The van der Waals surface area contributed by atoms with Crippen molar-refractivity contribution in [1.29, 1.82) is 0 Å². The molecule has 2 aliphatic heterocycles. The molecule has 0 saturated heterocycles. The number of rotatable bonds is 9. The number of hydrogen-bond donors (Lipinski definition) is 2. The Hall–Kier alpha value is -3.69. The average molecular weight is 450 g/mol. The van der Waals surface area contributed by atoms with Crippen LogP contribution >= 0.6 is 0 Å². The summed E-state index contributed by atoms with van der Waals surface area (Å²) >= 11 is 0. The number of carbonyl (C=O) groups is 1. The topological polar surface area (TPSA) is 124 Å². The average Bonchev–Trinajstić information content (AvgIpc) is 3.47. The lowest BCUT2D eigenvalue weighted by Gasteiger charge is -2.17. The number of tetrazole rings is 1. The first-order valence-electron chi connectivity index (χ1n) is 11.2. The Kier molecular flexibility index (Phi) is 6.05. The molecule has 5 rings (SSSR count). The third kappa shape index (κ3) is 5.05. The fraction of sp³-hybridized carbons (Fsp3) is 0.435. The molecule has 1 atom stereocenters. The summed E-state index contributed by atoms with van der Waals surface area (Å²) in [4.78, 5) is 17.7. The maximum atomic E-state index is 11.4. The van der Waals surface area contributed by atoms with Gasteiger partial charge in [0.25, 0.3) is 0 Å². The van der Waals surface area contributed by atoms with Crippen LogP contribution in [0.5, 0.6) is 11.5 Å². The Morgan fingerprint density at radius 2 is 2.09 bits per heavy atom. The first kappa shape index (κ1) is 21.2. The molecule has 10 nitrogen and oxygen atoms in total. The highest BCUT2D eigenvalue weighted by molar-refractivity contribution is 5.68. The van der Waals surface area contributed by atoms with Gasteiger partial charge in [-0.2, -0.15) is 4.80 Å². The van der Waals surface area contributed by atoms with Gasteiger partial charge in [-0.25, -0.2) is 4.98 Å². The molecule has 33 heavy (non-hydrogen) atoms. The zero-order valence-electron chi connectivity index (χ0n) is 18.2. The summed E-state index contributed by atoms with van der Waals surface area (Å²) < 4.78 is 10.8. The van der Waals surface area contributed by atoms with Crippen LogP contribution in [0.2, 0.25) is 0 Å². The molecule has 172 valence electrons. The fourth-order valence-electron chi connectivity index (χ4n) is 4.25. The van der Waals surface area contributed by atoms with Crippen molar-refractivity contribution in [2.45, 2.75) is 51.0 Å². The number of aromatic nitrogens is 5. The molecule has 10 heteroatoms. The fourth-order valence-corrected chi connectivity index (χ4v) is 4.25. The Bertz CT molecular complexity index is 1150. The van der Waals surface area contributed by atoms with Crippen molar-refractivity contribution in [3.8, 4) is 11.5 Å². The van der Waals surface area contributed by atoms with E-state index in [1.165, 1.54) is 10.4 Å². The van der Waals surface area contributed by atoms with Crippen molar-refractivity contribution in [3.05, 3.63) is 53.0 Å². The largest absolute Gasteiger partial charge is 0.481 e. The molecule has 1 aromatic carbocycles. The van der Waals surface area contributed by atoms with Crippen LogP contribution in [-0.2, 0) is 30.6 Å². The quantitative estimate of drug-likeness (QED) is 0.506. The number of aliphatic carboxylic acids is 1. The van der Waals surface area contributed by atoms with E-state index in [9.17, 15) is 9.90 Å². The Balaban J connectivity index is 1.19. The zero-order valence-corrected chi connectivity index (χ0v) is 18.2. The van der Waals surface area contributed by atoms with Crippen LogP contribution in [0.3, 0.4) is 0 Å². The number of pyridine rings is 1. The van der Waals surface area contributed by atoms with Crippen LogP contribution in [0.15, 0.2) is 30.3 Å². The lowest BCUT2D eigenvalue weighted by Crippen LogP contribution is -2.15. The number of ether oxygens (including phenoxy) is 2. The summed E-state index contributed by atoms with van der Waals surface area (Å²) in [5, 5.41) is 25.5. The summed E-state index contributed by atoms with van der Waals surface area (Å²) in [6.45, 7) is 1.47. The number of nitrogens with zero attached hydrogens (tertiary/aromatic N) is 5. The maximum absolute atomic E-state index is 11.4. The summed E-state index contributed by atoms with van der Waals surface area (Å²) in [7, 11) is 0. The van der Waals surface area contributed by atoms with E-state index in [0.29, 0.717) is 30.3 Å². The standard InChI is InChI=1S/C23H26N6O4/c30-22(31)12-17(16-7-9-19-20(11-16)33-14-32-19)13-29-27-21(26-28-29)5-1-4-18-8-6-15-3-2-10-24-23(15)25-18/h6-9,11,17H,1-5,10,12-14H2,(H,24,25)(H,30,31). The molecule has 2 aliphatic rings. The Labute approximate surface area is 190 Å². The van der Waals surface area contributed by atoms with E-state index in [1.54, 1.807) is 6.07 Å². The van der Waals surface area contributed by atoms with Gasteiger partial charge in [0.05, 0.1) is 13.0 Å². The van der Waals surface area contributed by atoms with E-state index < -0.39 is 5.97 Å². The molecule has 0 saturated carbocycles. The number of fused-ring (bicyclic) bond motifs is 2. The minimum absolute atomic E-state index is 0.0471. The number of benzene rings is 1. The molecule has 4 heterocycles. The number of carboxylic acids is 1. The van der Waals surface area contributed by atoms with Crippen molar-refractivity contribution in [2.24, 2.45) is 0 Å². The van der Waals surface area contributed by atoms with Crippen LogP contribution in [0.1, 0.15) is 47.8 Å². The van der Waals surface area contributed by atoms with Gasteiger partial charge in [-0.3, -0.25) is 4.79 Å². The van der Waals surface area contributed by atoms with E-state index in [1.807, 2.05) is 12.1 Å². The van der Waals surface area contributed by atoms with Crippen molar-refractivity contribution >= 4 is 11.8 Å². The van der Waals surface area contributed by atoms with Gasteiger partial charge in [0.2, 0.25) is 6.79 Å². The zero-order chi connectivity index (χ0) is 22.6. The van der Waals surface area contributed by atoms with E-state index in [-0.39, 0.29) is 19.1 Å². The lowest BCUT2D eigenvalue weighted by atomic mass is 9.95. The number of anilines is 1. The van der Waals surface area contributed by atoms with Crippen molar-refractivity contribution in [3.63, 3.8) is 0 Å². The SMILES string of the molecule is O=C(O)CC(Cn1nnc(CCCc2ccc3c(n2)NCCC3)n1)c1ccc2c(c1)OCO2. The van der Waals surface area contributed by atoms with Crippen LogP contribution < -0.4 is 14.8 Å². The first-order chi connectivity index (χ1) is 16.1. The van der Waals surface area contributed by atoms with E-state index >= 15 is 0 Å². The molecule has 0 spiro atoms. The molecular formula is C23H26N6O4. The van der Waals surface area contributed by atoms with Gasteiger partial charge in [0.15, 0.2) is 17.3 Å². The lowest BCUT2D eigenvalue weighted by molar-refractivity contribution is -0.137. The van der Waals surface area contributed by atoms with E-state index in [2.05, 4.69) is 32.9 Å². The Morgan fingerprint density at radius 1 is 1.18 bits per heavy atom. The second kappa shape index (κ2) is 9.43. The molecule has 0 radical (unpaired) electrons. The van der Waals surface area contributed by atoms with Gasteiger partial charge in [-0.1, -0.05) is 12.1 Å². The predicted octanol–water partition coefficient (Wildman–Crippen LogP) is 2.59. The molecule has 2 N–H and O–H groups in total. The van der Waals surface area contributed by atoms with Gasteiger partial charge in [-0.05, 0) is 60.2 Å². The summed E-state index contributed by atoms with van der Waals surface area (Å²) in [5.74, 6) is 1.75. The molecule has 0 fully saturated rings.